The third kappa shape index (κ3) is 4.55. The number of aromatic nitrogens is 2. The van der Waals surface area contributed by atoms with Crippen molar-refractivity contribution >= 4 is 15.9 Å². The van der Waals surface area contributed by atoms with Gasteiger partial charge in [0.2, 0.25) is 15.9 Å². The molecule has 1 aliphatic rings. The second-order valence-corrected chi connectivity index (χ2v) is 7.92. The molecule has 0 spiro atoms. The van der Waals surface area contributed by atoms with Crippen LogP contribution in [-0.2, 0) is 21.9 Å². The van der Waals surface area contributed by atoms with Gasteiger partial charge in [0.1, 0.15) is 4.90 Å². The highest BCUT2D eigenvalue weighted by Gasteiger charge is 2.30. The number of nitrogens with zero attached hydrogens (tertiary/aromatic N) is 3. The summed E-state index contributed by atoms with van der Waals surface area (Å²) in [6.45, 7) is 6.02. The summed E-state index contributed by atoms with van der Waals surface area (Å²) >= 11 is 0. The molecule has 24 heavy (non-hydrogen) atoms. The number of sulfonamides is 1. The molecule has 1 atom stereocenters. The van der Waals surface area contributed by atoms with Crippen molar-refractivity contribution in [2.24, 2.45) is 7.05 Å². The maximum absolute atomic E-state index is 12.8. The summed E-state index contributed by atoms with van der Waals surface area (Å²) in [5, 5.41) is 7.15. The number of nitrogens with one attached hydrogen (secondary N) is 2. The number of piperidine rings is 1. The fourth-order valence-electron chi connectivity index (χ4n) is 2.97. The third-order valence-corrected chi connectivity index (χ3v) is 5.69. The molecule has 0 aromatic carbocycles. The van der Waals surface area contributed by atoms with Crippen molar-refractivity contribution < 1.29 is 13.2 Å². The second kappa shape index (κ2) is 8.09. The Bertz CT molecular complexity index is 652. The Morgan fingerprint density at radius 2 is 2.17 bits per heavy atom. The van der Waals surface area contributed by atoms with Gasteiger partial charge in [0.25, 0.3) is 0 Å². The average Bonchev–Trinajstić information content (AvgIpc) is 3.00. The summed E-state index contributed by atoms with van der Waals surface area (Å²) in [6, 6.07) is -0.638. The number of hydrogen-bond acceptors (Lipinski definition) is 5. The van der Waals surface area contributed by atoms with Gasteiger partial charge in [0, 0.05) is 25.8 Å². The van der Waals surface area contributed by atoms with Crippen molar-refractivity contribution in [3.63, 3.8) is 0 Å². The lowest BCUT2D eigenvalue weighted by Gasteiger charge is -2.36. The van der Waals surface area contributed by atoms with Crippen LogP contribution in [-0.4, -0.2) is 60.7 Å². The van der Waals surface area contributed by atoms with Crippen molar-refractivity contribution in [3.05, 3.63) is 12.4 Å². The highest BCUT2D eigenvalue weighted by molar-refractivity contribution is 7.89. The normalized spacial score (nSPS) is 17.6. The number of hydrogen-bond donors (Lipinski definition) is 2. The maximum atomic E-state index is 12.8. The van der Waals surface area contributed by atoms with Gasteiger partial charge in [-0.3, -0.25) is 9.48 Å². The molecule has 8 nitrogen and oxygen atoms in total. The minimum absolute atomic E-state index is 0.0635. The minimum Gasteiger partial charge on any atom is -0.338 e. The van der Waals surface area contributed by atoms with E-state index in [1.165, 1.54) is 17.1 Å². The summed E-state index contributed by atoms with van der Waals surface area (Å²) in [5.74, 6) is -0.170. The van der Waals surface area contributed by atoms with Crippen molar-refractivity contribution in [2.45, 2.75) is 50.1 Å². The van der Waals surface area contributed by atoms with Crippen molar-refractivity contribution in [2.75, 3.05) is 19.6 Å². The Labute approximate surface area is 143 Å². The third-order valence-electron chi connectivity index (χ3n) is 4.19. The Morgan fingerprint density at radius 3 is 2.71 bits per heavy atom. The molecule has 1 unspecified atom stereocenters. The van der Waals surface area contributed by atoms with Gasteiger partial charge in [-0.05, 0) is 39.3 Å². The lowest BCUT2D eigenvalue weighted by Crippen LogP contribution is -2.53. The molecular formula is C15H27N5O3S. The van der Waals surface area contributed by atoms with E-state index in [0.29, 0.717) is 6.54 Å². The molecular weight excluding hydrogens is 330 g/mol. The van der Waals surface area contributed by atoms with Crippen LogP contribution < -0.4 is 10.0 Å². The standard InChI is InChI=1S/C15H27N5O3S/c1-4-9-20(13-5-7-16-8-6-13)15(21)12(2)18-24(22,23)14-10-17-19(3)11-14/h10-13,16,18H,4-9H2,1-3H3. The van der Waals surface area contributed by atoms with Crippen LogP contribution >= 0.6 is 0 Å². The Balaban J connectivity index is 2.08. The van der Waals surface area contributed by atoms with Crippen LogP contribution in [0.1, 0.15) is 33.1 Å². The number of carbonyl (C=O) groups is 1. The molecule has 1 amide bonds. The van der Waals surface area contributed by atoms with Crippen LogP contribution in [0, 0.1) is 0 Å². The molecule has 9 heteroatoms. The molecule has 2 rings (SSSR count). The number of carbonyl (C=O) groups excluding carboxylic acids is 1. The molecule has 1 aromatic heterocycles. The first-order valence-corrected chi connectivity index (χ1v) is 9.85. The number of aryl methyl sites for hydroxylation is 1. The summed E-state index contributed by atoms with van der Waals surface area (Å²) in [6.07, 6.45) is 5.33. The quantitative estimate of drug-likeness (QED) is 0.720. The molecule has 1 saturated heterocycles. The van der Waals surface area contributed by atoms with Crippen LogP contribution in [0.4, 0.5) is 0 Å². The minimum atomic E-state index is -3.76. The predicted molar refractivity (Wildman–Crippen MR) is 90.9 cm³/mol. The van der Waals surface area contributed by atoms with E-state index in [0.717, 1.165) is 32.4 Å². The van der Waals surface area contributed by atoms with E-state index in [9.17, 15) is 13.2 Å². The molecule has 136 valence electrons. The summed E-state index contributed by atoms with van der Waals surface area (Å²) < 4.78 is 28.6. The fraction of sp³-hybridized carbons (Fsp3) is 0.733. The molecule has 1 aliphatic heterocycles. The van der Waals surface area contributed by atoms with Crippen LogP contribution in [0.5, 0.6) is 0 Å². The fourth-order valence-corrected chi connectivity index (χ4v) is 4.15. The molecule has 1 aromatic rings. The van der Waals surface area contributed by atoms with Gasteiger partial charge in [-0.15, -0.1) is 0 Å². The van der Waals surface area contributed by atoms with Gasteiger partial charge in [-0.2, -0.15) is 9.82 Å². The van der Waals surface area contributed by atoms with Gasteiger partial charge < -0.3 is 10.2 Å². The molecule has 0 radical (unpaired) electrons. The molecule has 2 heterocycles. The van der Waals surface area contributed by atoms with Gasteiger partial charge in [0.05, 0.1) is 12.2 Å². The van der Waals surface area contributed by atoms with Gasteiger partial charge in [-0.25, -0.2) is 8.42 Å². The summed E-state index contributed by atoms with van der Waals surface area (Å²) in [5.41, 5.74) is 0. The zero-order chi connectivity index (χ0) is 17.7. The van der Waals surface area contributed by atoms with E-state index < -0.39 is 16.1 Å². The number of rotatable bonds is 7. The monoisotopic (exact) mass is 357 g/mol. The van der Waals surface area contributed by atoms with Crippen LogP contribution in [0.2, 0.25) is 0 Å². The topological polar surface area (TPSA) is 96.3 Å². The maximum Gasteiger partial charge on any atom is 0.244 e. The van der Waals surface area contributed by atoms with Crippen LogP contribution in [0.25, 0.3) is 0 Å². The SMILES string of the molecule is CCCN(C(=O)C(C)NS(=O)(=O)c1cnn(C)c1)C1CCNCC1. The highest BCUT2D eigenvalue weighted by Crippen LogP contribution is 2.15. The summed E-state index contributed by atoms with van der Waals surface area (Å²) in [7, 11) is -2.11. The first-order valence-electron chi connectivity index (χ1n) is 8.37. The zero-order valence-electron chi connectivity index (χ0n) is 14.5. The largest absolute Gasteiger partial charge is 0.338 e. The van der Waals surface area contributed by atoms with E-state index in [-0.39, 0.29) is 16.8 Å². The van der Waals surface area contributed by atoms with Gasteiger partial charge in [-0.1, -0.05) is 6.92 Å². The van der Waals surface area contributed by atoms with Crippen molar-refractivity contribution in [1.29, 1.82) is 0 Å². The highest BCUT2D eigenvalue weighted by atomic mass is 32.2. The van der Waals surface area contributed by atoms with Gasteiger partial charge in [0.15, 0.2) is 0 Å². The lowest BCUT2D eigenvalue weighted by molar-refractivity contribution is -0.135. The summed E-state index contributed by atoms with van der Waals surface area (Å²) in [4.78, 5) is 14.7. The smallest absolute Gasteiger partial charge is 0.244 e. The zero-order valence-corrected chi connectivity index (χ0v) is 15.3. The number of amides is 1. The molecule has 0 aliphatic carbocycles. The predicted octanol–water partition coefficient (Wildman–Crippen LogP) is 0.0775. The van der Waals surface area contributed by atoms with E-state index in [1.54, 1.807) is 14.0 Å². The Hall–Kier alpha value is -1.45. The molecule has 0 saturated carbocycles. The second-order valence-electron chi connectivity index (χ2n) is 6.21. The Kier molecular flexibility index (Phi) is 6.36. The lowest BCUT2D eigenvalue weighted by atomic mass is 10.0. The van der Waals surface area contributed by atoms with Crippen LogP contribution in [0.15, 0.2) is 17.3 Å². The average molecular weight is 357 g/mol. The van der Waals surface area contributed by atoms with E-state index in [4.69, 9.17) is 0 Å². The van der Waals surface area contributed by atoms with E-state index >= 15 is 0 Å². The first-order chi connectivity index (χ1) is 11.3. The van der Waals surface area contributed by atoms with Crippen molar-refractivity contribution in [3.8, 4) is 0 Å². The molecule has 2 N–H and O–H groups in total. The van der Waals surface area contributed by atoms with E-state index in [2.05, 4.69) is 15.1 Å². The van der Waals surface area contributed by atoms with Gasteiger partial charge >= 0.3 is 0 Å². The first kappa shape index (κ1) is 18.9. The van der Waals surface area contributed by atoms with Crippen molar-refractivity contribution in [1.82, 2.24) is 24.7 Å². The molecule has 0 bridgehead atoms. The Morgan fingerprint density at radius 1 is 1.50 bits per heavy atom. The van der Waals surface area contributed by atoms with Crippen LogP contribution in [0.3, 0.4) is 0 Å². The van der Waals surface area contributed by atoms with E-state index in [1.807, 2.05) is 11.8 Å². The molecule has 1 fully saturated rings.